The van der Waals surface area contributed by atoms with Crippen molar-refractivity contribution in [3.8, 4) is 0 Å². The molecule has 0 aromatic heterocycles. The number of hydrazine groups is 1. The van der Waals surface area contributed by atoms with Crippen LogP contribution in [0.1, 0.15) is 27.2 Å². The summed E-state index contributed by atoms with van der Waals surface area (Å²) >= 11 is 2.05. The van der Waals surface area contributed by atoms with E-state index in [0.717, 1.165) is 5.92 Å². The lowest BCUT2D eigenvalue weighted by molar-refractivity contribution is 0.207. The van der Waals surface area contributed by atoms with Crippen molar-refractivity contribution in [2.24, 2.45) is 17.2 Å². The second-order valence-electron chi connectivity index (χ2n) is 4.63. The Labute approximate surface area is 79.6 Å². The zero-order valence-corrected chi connectivity index (χ0v) is 9.08. The molecule has 2 nitrogen and oxygen atoms in total. The summed E-state index contributed by atoms with van der Waals surface area (Å²) in [6, 6.07) is 0.465. The number of hydrogen-bond donors (Lipinski definition) is 2. The summed E-state index contributed by atoms with van der Waals surface area (Å²) in [5.74, 6) is 8.92. The molecule has 2 atom stereocenters. The fraction of sp³-hybridized carbons (Fsp3) is 1.00. The van der Waals surface area contributed by atoms with E-state index in [2.05, 4.69) is 26.2 Å². The predicted molar refractivity (Wildman–Crippen MR) is 56.0 cm³/mol. The normalized spacial score (nSPS) is 27.5. The van der Waals surface area contributed by atoms with Crippen LogP contribution in [0.3, 0.4) is 0 Å². The average molecular weight is 188 g/mol. The zero-order valence-electron chi connectivity index (χ0n) is 8.26. The summed E-state index contributed by atoms with van der Waals surface area (Å²) in [4.78, 5) is 0. The molecule has 1 heterocycles. The van der Waals surface area contributed by atoms with Gasteiger partial charge in [-0.2, -0.15) is 11.8 Å². The van der Waals surface area contributed by atoms with Gasteiger partial charge in [-0.05, 0) is 29.3 Å². The maximum Gasteiger partial charge on any atom is 0.0295 e. The van der Waals surface area contributed by atoms with Crippen molar-refractivity contribution in [2.45, 2.75) is 33.2 Å². The molecule has 1 rings (SSSR count). The maximum absolute atomic E-state index is 5.58. The molecule has 0 aromatic rings. The second-order valence-corrected chi connectivity index (χ2v) is 5.78. The molecule has 0 amide bonds. The van der Waals surface area contributed by atoms with Gasteiger partial charge in [0, 0.05) is 6.04 Å². The van der Waals surface area contributed by atoms with E-state index in [9.17, 15) is 0 Å². The maximum atomic E-state index is 5.58. The summed E-state index contributed by atoms with van der Waals surface area (Å²) in [5.41, 5.74) is 3.25. The highest BCUT2D eigenvalue weighted by Crippen LogP contribution is 2.33. The Balaban J connectivity index is 2.54. The third-order valence-electron chi connectivity index (χ3n) is 2.55. The Morgan fingerprint density at radius 3 is 2.50 bits per heavy atom. The number of thioether (sulfide) groups is 1. The summed E-state index contributed by atoms with van der Waals surface area (Å²) in [7, 11) is 0. The Bertz CT molecular complexity index is 136. The molecule has 0 spiro atoms. The highest BCUT2D eigenvalue weighted by Gasteiger charge is 2.33. The first-order valence-corrected chi connectivity index (χ1v) is 5.75. The smallest absolute Gasteiger partial charge is 0.0295 e. The van der Waals surface area contributed by atoms with E-state index in [1.165, 1.54) is 17.9 Å². The van der Waals surface area contributed by atoms with Gasteiger partial charge in [0.2, 0.25) is 0 Å². The van der Waals surface area contributed by atoms with Crippen molar-refractivity contribution < 1.29 is 0 Å². The van der Waals surface area contributed by atoms with E-state index in [-0.39, 0.29) is 5.41 Å². The van der Waals surface area contributed by atoms with Crippen molar-refractivity contribution in [2.75, 3.05) is 11.5 Å². The van der Waals surface area contributed by atoms with Gasteiger partial charge in [-0.3, -0.25) is 11.3 Å². The Hall–Kier alpha value is 0.270. The van der Waals surface area contributed by atoms with Gasteiger partial charge in [-0.25, -0.2) is 0 Å². The highest BCUT2D eigenvalue weighted by molar-refractivity contribution is 7.99. The lowest BCUT2D eigenvalue weighted by atomic mass is 9.79. The van der Waals surface area contributed by atoms with Crippen LogP contribution in [0.25, 0.3) is 0 Å². The van der Waals surface area contributed by atoms with E-state index in [4.69, 9.17) is 5.84 Å². The van der Waals surface area contributed by atoms with Crippen LogP contribution in [0, 0.1) is 11.3 Å². The molecule has 1 aliphatic heterocycles. The third kappa shape index (κ3) is 2.38. The lowest BCUT2D eigenvalue weighted by Crippen LogP contribution is -2.49. The molecular weight excluding hydrogens is 168 g/mol. The number of nitrogens with one attached hydrogen (secondary N) is 1. The average Bonchev–Trinajstić information content (AvgIpc) is 2.38. The first-order valence-electron chi connectivity index (χ1n) is 4.59. The van der Waals surface area contributed by atoms with Gasteiger partial charge in [0.25, 0.3) is 0 Å². The standard InChI is InChI=1S/C9H20N2S/c1-9(2,3)8(11-10)7-4-5-12-6-7/h7-8,11H,4-6,10H2,1-3H3. The molecule has 0 aromatic carbocycles. The molecule has 72 valence electrons. The molecule has 1 fully saturated rings. The van der Waals surface area contributed by atoms with Crippen molar-refractivity contribution in [1.29, 1.82) is 0 Å². The van der Waals surface area contributed by atoms with Crippen LogP contribution in [-0.4, -0.2) is 17.5 Å². The van der Waals surface area contributed by atoms with E-state index >= 15 is 0 Å². The quantitative estimate of drug-likeness (QED) is 0.511. The van der Waals surface area contributed by atoms with E-state index in [1.807, 2.05) is 11.8 Å². The van der Waals surface area contributed by atoms with E-state index < -0.39 is 0 Å². The summed E-state index contributed by atoms with van der Waals surface area (Å²) in [6.45, 7) is 6.75. The Morgan fingerprint density at radius 2 is 2.17 bits per heavy atom. The molecule has 1 saturated heterocycles. The van der Waals surface area contributed by atoms with Crippen molar-refractivity contribution in [3.05, 3.63) is 0 Å². The SMILES string of the molecule is CC(C)(C)C(NN)C1CCSC1. The topological polar surface area (TPSA) is 38.0 Å². The third-order valence-corrected chi connectivity index (χ3v) is 3.74. The number of hydrogen-bond acceptors (Lipinski definition) is 3. The van der Waals surface area contributed by atoms with Crippen LogP contribution < -0.4 is 11.3 Å². The predicted octanol–water partition coefficient (Wildman–Crippen LogP) is 1.62. The monoisotopic (exact) mass is 188 g/mol. The van der Waals surface area contributed by atoms with Gasteiger partial charge in [0.05, 0.1) is 0 Å². The summed E-state index contributed by atoms with van der Waals surface area (Å²) in [6.07, 6.45) is 1.32. The zero-order chi connectivity index (χ0) is 9.19. The van der Waals surface area contributed by atoms with E-state index in [0.29, 0.717) is 6.04 Å². The van der Waals surface area contributed by atoms with Gasteiger partial charge < -0.3 is 0 Å². The minimum atomic E-state index is 0.282. The van der Waals surface area contributed by atoms with Crippen LogP contribution >= 0.6 is 11.8 Å². The lowest BCUT2D eigenvalue weighted by Gasteiger charge is -2.34. The van der Waals surface area contributed by atoms with Gasteiger partial charge in [0.15, 0.2) is 0 Å². The van der Waals surface area contributed by atoms with Crippen LogP contribution in [0.15, 0.2) is 0 Å². The molecule has 3 N–H and O–H groups in total. The number of nitrogens with two attached hydrogens (primary N) is 1. The highest BCUT2D eigenvalue weighted by atomic mass is 32.2. The molecule has 1 aliphatic rings. The minimum absolute atomic E-state index is 0.282. The second kappa shape index (κ2) is 3.99. The summed E-state index contributed by atoms with van der Waals surface area (Å²) in [5, 5.41) is 0. The molecule has 12 heavy (non-hydrogen) atoms. The van der Waals surface area contributed by atoms with Gasteiger partial charge in [-0.15, -0.1) is 0 Å². The largest absolute Gasteiger partial charge is 0.271 e. The van der Waals surface area contributed by atoms with Gasteiger partial charge in [-0.1, -0.05) is 20.8 Å². The first-order chi connectivity index (χ1) is 5.55. The number of rotatable bonds is 2. The van der Waals surface area contributed by atoms with Crippen LogP contribution in [0.4, 0.5) is 0 Å². The van der Waals surface area contributed by atoms with Crippen molar-refractivity contribution in [1.82, 2.24) is 5.43 Å². The molecule has 2 unspecified atom stereocenters. The first kappa shape index (κ1) is 10.4. The van der Waals surface area contributed by atoms with E-state index in [1.54, 1.807) is 0 Å². The van der Waals surface area contributed by atoms with Crippen LogP contribution in [0.2, 0.25) is 0 Å². The van der Waals surface area contributed by atoms with Crippen molar-refractivity contribution in [3.63, 3.8) is 0 Å². The Kier molecular flexibility index (Phi) is 3.44. The van der Waals surface area contributed by atoms with Gasteiger partial charge >= 0.3 is 0 Å². The molecule has 0 radical (unpaired) electrons. The fourth-order valence-corrected chi connectivity index (χ4v) is 3.21. The van der Waals surface area contributed by atoms with Crippen molar-refractivity contribution >= 4 is 11.8 Å². The van der Waals surface area contributed by atoms with Crippen LogP contribution in [-0.2, 0) is 0 Å². The molecule has 0 bridgehead atoms. The summed E-state index contributed by atoms with van der Waals surface area (Å²) < 4.78 is 0. The molecule has 0 aliphatic carbocycles. The molecule has 0 saturated carbocycles. The molecule has 3 heteroatoms. The van der Waals surface area contributed by atoms with Crippen LogP contribution in [0.5, 0.6) is 0 Å². The molecular formula is C9H20N2S. The Morgan fingerprint density at radius 1 is 1.50 bits per heavy atom. The minimum Gasteiger partial charge on any atom is -0.271 e. The fourth-order valence-electron chi connectivity index (χ4n) is 1.91. The van der Waals surface area contributed by atoms with Gasteiger partial charge in [0.1, 0.15) is 0 Å².